The summed E-state index contributed by atoms with van der Waals surface area (Å²) in [6.07, 6.45) is -5.33. The topological polar surface area (TPSA) is 27.7 Å². The molecule has 0 atom stereocenters. The molecule has 2 rings (SSSR count). The van der Waals surface area contributed by atoms with Crippen LogP contribution in [0.1, 0.15) is 11.9 Å². The maximum Gasteiger partial charge on any atom is 0.573 e. The minimum Gasteiger partial charge on any atom is -0.404 e. The van der Waals surface area contributed by atoms with Crippen molar-refractivity contribution in [2.75, 3.05) is 13.2 Å². The van der Waals surface area contributed by atoms with Gasteiger partial charge in [-0.25, -0.2) is 0 Å². The Balaban J connectivity index is 2.16. The Kier molecular flexibility index (Phi) is 3.46. The molecule has 1 aliphatic heterocycles. The second-order valence-electron chi connectivity index (χ2n) is 3.31. The van der Waals surface area contributed by atoms with Crippen molar-refractivity contribution in [2.24, 2.45) is 0 Å². The first-order valence-corrected chi connectivity index (χ1v) is 5.12. The summed E-state index contributed by atoms with van der Waals surface area (Å²) in [5, 5.41) is -0.140. The molecule has 0 saturated carbocycles. The van der Waals surface area contributed by atoms with Crippen LogP contribution in [0.5, 0.6) is 5.75 Å². The van der Waals surface area contributed by atoms with Gasteiger partial charge in [0.05, 0.1) is 18.2 Å². The van der Waals surface area contributed by atoms with E-state index in [9.17, 15) is 13.2 Å². The zero-order chi connectivity index (χ0) is 12.5. The van der Waals surface area contributed by atoms with E-state index in [4.69, 9.17) is 21.1 Å². The molecule has 94 valence electrons. The molecule has 0 radical (unpaired) electrons. The molecule has 1 aliphatic rings. The fraction of sp³-hybridized carbons (Fsp3) is 0.400. The van der Waals surface area contributed by atoms with Crippen molar-refractivity contribution in [1.82, 2.24) is 0 Å². The van der Waals surface area contributed by atoms with E-state index < -0.39 is 18.4 Å². The monoisotopic (exact) mass is 268 g/mol. The van der Waals surface area contributed by atoms with Crippen LogP contribution in [0, 0.1) is 0 Å². The number of hydrogen-bond acceptors (Lipinski definition) is 3. The summed E-state index contributed by atoms with van der Waals surface area (Å²) in [7, 11) is 0. The molecule has 17 heavy (non-hydrogen) atoms. The minimum atomic E-state index is -4.76. The fourth-order valence-corrected chi connectivity index (χ4v) is 1.65. The van der Waals surface area contributed by atoms with Gasteiger partial charge in [-0.15, -0.1) is 13.2 Å². The van der Waals surface area contributed by atoms with E-state index in [-0.39, 0.29) is 5.02 Å². The van der Waals surface area contributed by atoms with E-state index in [1.165, 1.54) is 12.1 Å². The van der Waals surface area contributed by atoms with Crippen LogP contribution >= 0.6 is 11.6 Å². The predicted octanol–water partition coefficient (Wildman–Crippen LogP) is 3.28. The number of rotatable bonds is 2. The van der Waals surface area contributed by atoms with Crippen LogP contribution in [0.2, 0.25) is 5.02 Å². The highest BCUT2D eigenvalue weighted by Gasteiger charge is 2.32. The van der Waals surface area contributed by atoms with Gasteiger partial charge in [-0.3, -0.25) is 0 Å². The molecule has 1 fully saturated rings. The number of benzene rings is 1. The number of halogens is 4. The Morgan fingerprint density at radius 2 is 1.88 bits per heavy atom. The largest absolute Gasteiger partial charge is 0.573 e. The first-order valence-electron chi connectivity index (χ1n) is 4.74. The molecule has 0 aliphatic carbocycles. The Bertz CT molecular complexity index is 402. The molecule has 0 amide bonds. The van der Waals surface area contributed by atoms with Crippen LogP contribution in [0.4, 0.5) is 13.2 Å². The molecule has 7 heteroatoms. The standard InChI is InChI=1S/C10H8ClF3O3/c11-7-5-6(9-15-3-4-16-9)1-2-8(7)17-10(12,13)14/h1-2,5,9H,3-4H2. The van der Waals surface area contributed by atoms with Crippen molar-refractivity contribution in [3.8, 4) is 5.75 Å². The highest BCUT2D eigenvalue weighted by Crippen LogP contribution is 2.33. The lowest BCUT2D eigenvalue weighted by Gasteiger charge is -2.13. The maximum atomic E-state index is 12.0. The van der Waals surface area contributed by atoms with Crippen LogP contribution in [0.25, 0.3) is 0 Å². The van der Waals surface area contributed by atoms with Crippen LogP contribution in [0.15, 0.2) is 18.2 Å². The smallest absolute Gasteiger partial charge is 0.404 e. The molecule has 0 unspecified atom stereocenters. The van der Waals surface area contributed by atoms with Crippen LogP contribution < -0.4 is 4.74 Å². The van der Waals surface area contributed by atoms with E-state index in [1.54, 1.807) is 0 Å². The molecule has 1 heterocycles. The number of alkyl halides is 3. The second-order valence-corrected chi connectivity index (χ2v) is 3.72. The summed E-state index contributed by atoms with van der Waals surface area (Å²) in [5.74, 6) is -0.444. The van der Waals surface area contributed by atoms with Gasteiger partial charge in [-0.1, -0.05) is 17.7 Å². The zero-order valence-corrected chi connectivity index (χ0v) is 9.22. The summed E-state index contributed by atoms with van der Waals surface area (Å²) in [6, 6.07) is 3.89. The highest BCUT2D eigenvalue weighted by molar-refractivity contribution is 6.32. The summed E-state index contributed by atoms with van der Waals surface area (Å²) >= 11 is 5.68. The van der Waals surface area contributed by atoms with Gasteiger partial charge in [0.2, 0.25) is 0 Å². The van der Waals surface area contributed by atoms with Crippen LogP contribution in [-0.4, -0.2) is 19.6 Å². The number of hydrogen-bond donors (Lipinski definition) is 0. The third-order valence-corrected chi connectivity index (χ3v) is 2.37. The second kappa shape index (κ2) is 4.72. The minimum absolute atomic E-state index is 0.140. The third-order valence-electron chi connectivity index (χ3n) is 2.08. The molecule has 1 aromatic carbocycles. The van der Waals surface area contributed by atoms with E-state index in [0.717, 1.165) is 6.07 Å². The Morgan fingerprint density at radius 3 is 2.41 bits per heavy atom. The molecular formula is C10H8ClF3O3. The SMILES string of the molecule is FC(F)(F)Oc1ccc(C2OCCO2)cc1Cl. The molecule has 0 aromatic heterocycles. The van der Waals surface area contributed by atoms with Gasteiger partial charge in [-0.05, 0) is 12.1 Å². The molecule has 0 bridgehead atoms. The van der Waals surface area contributed by atoms with Gasteiger partial charge < -0.3 is 14.2 Å². The lowest BCUT2D eigenvalue weighted by molar-refractivity contribution is -0.274. The number of ether oxygens (including phenoxy) is 3. The van der Waals surface area contributed by atoms with Gasteiger partial charge in [0.1, 0.15) is 5.75 Å². The third kappa shape index (κ3) is 3.24. The summed E-state index contributed by atoms with van der Waals surface area (Å²) in [5.41, 5.74) is 0.557. The summed E-state index contributed by atoms with van der Waals surface area (Å²) < 4.78 is 50.1. The van der Waals surface area contributed by atoms with Gasteiger partial charge in [-0.2, -0.15) is 0 Å². The van der Waals surface area contributed by atoms with Gasteiger partial charge in [0.15, 0.2) is 6.29 Å². The molecule has 0 spiro atoms. The van der Waals surface area contributed by atoms with E-state index in [0.29, 0.717) is 18.8 Å². The zero-order valence-electron chi connectivity index (χ0n) is 8.46. The Labute approximate surface area is 100 Å². The average molecular weight is 269 g/mol. The molecule has 1 aromatic rings. The first kappa shape index (κ1) is 12.5. The van der Waals surface area contributed by atoms with Crippen molar-refractivity contribution in [3.05, 3.63) is 28.8 Å². The van der Waals surface area contributed by atoms with E-state index in [1.807, 2.05) is 0 Å². The molecule has 0 N–H and O–H groups in total. The normalized spacial score (nSPS) is 17.4. The van der Waals surface area contributed by atoms with Gasteiger partial charge in [0, 0.05) is 5.56 Å². The highest BCUT2D eigenvalue weighted by atomic mass is 35.5. The van der Waals surface area contributed by atoms with Crippen molar-refractivity contribution in [1.29, 1.82) is 0 Å². The first-order chi connectivity index (χ1) is 7.96. The Hall–Kier alpha value is -0.980. The molecular weight excluding hydrogens is 261 g/mol. The van der Waals surface area contributed by atoms with Crippen LogP contribution in [0.3, 0.4) is 0 Å². The van der Waals surface area contributed by atoms with Gasteiger partial charge in [0.25, 0.3) is 0 Å². The lowest BCUT2D eigenvalue weighted by Crippen LogP contribution is -2.17. The van der Waals surface area contributed by atoms with Crippen molar-refractivity contribution in [2.45, 2.75) is 12.7 Å². The van der Waals surface area contributed by atoms with Crippen molar-refractivity contribution < 1.29 is 27.4 Å². The summed E-state index contributed by atoms with van der Waals surface area (Å²) in [6.45, 7) is 0.895. The lowest BCUT2D eigenvalue weighted by atomic mass is 10.2. The van der Waals surface area contributed by atoms with E-state index >= 15 is 0 Å². The molecule has 1 saturated heterocycles. The van der Waals surface area contributed by atoms with Gasteiger partial charge >= 0.3 is 6.36 Å². The van der Waals surface area contributed by atoms with Crippen LogP contribution in [-0.2, 0) is 9.47 Å². The van der Waals surface area contributed by atoms with Crippen molar-refractivity contribution >= 4 is 11.6 Å². The van der Waals surface area contributed by atoms with Crippen molar-refractivity contribution in [3.63, 3.8) is 0 Å². The quantitative estimate of drug-likeness (QED) is 0.824. The fourth-order valence-electron chi connectivity index (χ4n) is 1.42. The predicted molar refractivity (Wildman–Crippen MR) is 52.8 cm³/mol. The maximum absolute atomic E-state index is 12.0. The molecule has 3 nitrogen and oxygen atoms in total. The van der Waals surface area contributed by atoms with E-state index in [2.05, 4.69) is 4.74 Å². The Morgan fingerprint density at radius 1 is 1.24 bits per heavy atom. The summed E-state index contributed by atoms with van der Waals surface area (Å²) in [4.78, 5) is 0. The average Bonchev–Trinajstić information content (AvgIpc) is 2.72.